The Morgan fingerprint density at radius 1 is 0.844 bits per heavy atom. The summed E-state index contributed by atoms with van der Waals surface area (Å²) in [5.41, 5.74) is 3.78. The lowest BCUT2D eigenvalue weighted by Crippen LogP contribution is -2.54. The number of carbonyl (C=O) groups excluding carboxylic acids is 2. The third-order valence-electron chi connectivity index (χ3n) is 7.80. The van der Waals surface area contributed by atoms with Crippen molar-refractivity contribution in [3.8, 4) is 0 Å². The smallest absolute Gasteiger partial charge is 0.264 e. The van der Waals surface area contributed by atoms with E-state index < -0.39 is 28.5 Å². The van der Waals surface area contributed by atoms with Crippen LogP contribution in [0.4, 0.5) is 5.69 Å². The number of nitrogens with zero attached hydrogens (tertiary/aromatic N) is 2. The van der Waals surface area contributed by atoms with Gasteiger partial charge in [0.2, 0.25) is 11.8 Å². The molecule has 0 aliphatic carbocycles. The van der Waals surface area contributed by atoms with E-state index in [1.54, 1.807) is 36.4 Å². The van der Waals surface area contributed by atoms with Crippen LogP contribution in [0.15, 0.2) is 108 Å². The van der Waals surface area contributed by atoms with Gasteiger partial charge in [0.25, 0.3) is 10.0 Å². The average Bonchev–Trinajstić information content (AvgIpc) is 3.04. The van der Waals surface area contributed by atoms with Gasteiger partial charge in [-0.05, 0) is 68.1 Å². The third-order valence-corrected chi connectivity index (χ3v) is 9.99. The van der Waals surface area contributed by atoms with Gasteiger partial charge in [-0.25, -0.2) is 8.42 Å². The predicted molar refractivity (Wildman–Crippen MR) is 181 cm³/mol. The number of hydrogen-bond acceptors (Lipinski definition) is 4. The first kappa shape index (κ1) is 33.7. The molecule has 9 heteroatoms. The lowest BCUT2D eigenvalue weighted by Gasteiger charge is -2.34. The van der Waals surface area contributed by atoms with E-state index in [9.17, 15) is 18.0 Å². The Labute approximate surface area is 271 Å². The van der Waals surface area contributed by atoms with Crippen molar-refractivity contribution in [3.63, 3.8) is 0 Å². The van der Waals surface area contributed by atoms with Crippen molar-refractivity contribution in [2.24, 2.45) is 0 Å². The molecule has 0 saturated heterocycles. The maximum absolute atomic E-state index is 14.5. The summed E-state index contributed by atoms with van der Waals surface area (Å²) in [6.45, 7) is 7.26. The highest BCUT2D eigenvalue weighted by molar-refractivity contribution is 7.92. The van der Waals surface area contributed by atoms with Crippen LogP contribution in [0.2, 0.25) is 5.02 Å². The van der Waals surface area contributed by atoms with Gasteiger partial charge in [-0.15, -0.1) is 0 Å². The molecule has 0 fully saturated rings. The molecule has 1 N–H and O–H groups in total. The summed E-state index contributed by atoms with van der Waals surface area (Å²) in [6, 6.07) is 29.1. The van der Waals surface area contributed by atoms with Crippen LogP contribution in [0.3, 0.4) is 0 Å². The molecule has 4 rings (SSSR count). The summed E-state index contributed by atoms with van der Waals surface area (Å²) in [5.74, 6) is -0.823. The lowest BCUT2D eigenvalue weighted by atomic mass is 10.0. The van der Waals surface area contributed by atoms with Gasteiger partial charge in [0, 0.05) is 24.0 Å². The highest BCUT2D eigenvalue weighted by atomic mass is 35.5. The van der Waals surface area contributed by atoms with Gasteiger partial charge in [0.15, 0.2) is 0 Å². The third kappa shape index (κ3) is 8.74. The molecule has 0 saturated carbocycles. The van der Waals surface area contributed by atoms with Crippen molar-refractivity contribution in [1.82, 2.24) is 10.2 Å². The van der Waals surface area contributed by atoms with Crippen molar-refractivity contribution in [2.75, 3.05) is 10.8 Å². The number of sulfonamides is 1. The standard InChI is InChI=1S/C36H40ClN3O4S/c1-5-28(4)38-36(42)34(22-29-12-8-6-9-13-29)39(24-30-19-16-26(2)17-20-30)35(41)25-40(31-21-18-27(3)33(37)23-31)45(43,44)32-14-10-7-11-15-32/h6-21,23,28,34H,5,22,24-25H2,1-4H3,(H,38,42)/t28-,34+/m1/s1. The van der Waals surface area contributed by atoms with E-state index in [4.69, 9.17) is 11.6 Å². The van der Waals surface area contributed by atoms with E-state index in [1.807, 2.05) is 82.3 Å². The van der Waals surface area contributed by atoms with Gasteiger partial charge in [0.05, 0.1) is 10.6 Å². The van der Waals surface area contributed by atoms with E-state index in [0.29, 0.717) is 11.4 Å². The maximum Gasteiger partial charge on any atom is 0.264 e. The van der Waals surface area contributed by atoms with Gasteiger partial charge in [0.1, 0.15) is 12.6 Å². The molecule has 2 amide bonds. The SMILES string of the molecule is CC[C@@H](C)NC(=O)[C@H](Cc1ccccc1)N(Cc1ccc(C)cc1)C(=O)CN(c1ccc(C)c(Cl)c1)S(=O)(=O)c1ccccc1. The number of rotatable bonds is 13. The molecule has 0 spiro atoms. The number of anilines is 1. The largest absolute Gasteiger partial charge is 0.352 e. The van der Waals surface area contributed by atoms with Gasteiger partial charge < -0.3 is 10.2 Å². The van der Waals surface area contributed by atoms with Crippen LogP contribution in [0.1, 0.15) is 42.5 Å². The van der Waals surface area contributed by atoms with Gasteiger partial charge in [-0.2, -0.15) is 0 Å². The molecule has 236 valence electrons. The quantitative estimate of drug-likeness (QED) is 0.175. The number of halogens is 1. The molecule has 45 heavy (non-hydrogen) atoms. The lowest BCUT2D eigenvalue weighted by molar-refractivity contribution is -0.140. The monoisotopic (exact) mass is 645 g/mol. The van der Waals surface area contributed by atoms with E-state index in [-0.39, 0.29) is 35.5 Å². The highest BCUT2D eigenvalue weighted by Gasteiger charge is 2.35. The fourth-order valence-electron chi connectivity index (χ4n) is 4.87. The number of carbonyl (C=O) groups is 2. The molecule has 0 unspecified atom stereocenters. The van der Waals surface area contributed by atoms with Crippen molar-refractivity contribution in [1.29, 1.82) is 0 Å². The van der Waals surface area contributed by atoms with E-state index in [0.717, 1.165) is 26.6 Å². The minimum absolute atomic E-state index is 0.0370. The Morgan fingerprint density at radius 3 is 2.07 bits per heavy atom. The number of amides is 2. The molecule has 7 nitrogen and oxygen atoms in total. The van der Waals surface area contributed by atoms with Gasteiger partial charge in [-0.3, -0.25) is 13.9 Å². The summed E-state index contributed by atoms with van der Waals surface area (Å²) >= 11 is 6.45. The summed E-state index contributed by atoms with van der Waals surface area (Å²) in [7, 11) is -4.19. The zero-order chi connectivity index (χ0) is 32.6. The first-order valence-corrected chi connectivity index (χ1v) is 16.8. The molecule has 4 aromatic rings. The molecule has 4 aromatic carbocycles. The molecule has 0 radical (unpaired) electrons. The number of hydrogen-bond donors (Lipinski definition) is 1. The summed E-state index contributed by atoms with van der Waals surface area (Å²) in [6.07, 6.45) is 0.968. The van der Waals surface area contributed by atoms with Crippen LogP contribution in [0, 0.1) is 13.8 Å². The van der Waals surface area contributed by atoms with Gasteiger partial charge >= 0.3 is 0 Å². The summed E-state index contributed by atoms with van der Waals surface area (Å²) in [4.78, 5) is 30.0. The normalized spacial score (nSPS) is 12.6. The Hall–Kier alpha value is -4.14. The molecular weight excluding hydrogens is 606 g/mol. The molecule has 0 aliphatic rings. The minimum atomic E-state index is -4.19. The van der Waals surface area contributed by atoms with Crippen molar-refractivity contribution < 1.29 is 18.0 Å². The topological polar surface area (TPSA) is 86.8 Å². The van der Waals surface area contributed by atoms with Crippen LogP contribution in [0.5, 0.6) is 0 Å². The predicted octanol–water partition coefficient (Wildman–Crippen LogP) is 6.71. The first-order chi connectivity index (χ1) is 21.5. The molecule has 0 aromatic heterocycles. The second-order valence-corrected chi connectivity index (χ2v) is 13.6. The molecule has 2 atom stereocenters. The van der Waals surface area contributed by atoms with Crippen LogP contribution in [-0.2, 0) is 32.6 Å². The Morgan fingerprint density at radius 2 is 1.47 bits per heavy atom. The Balaban J connectivity index is 1.81. The minimum Gasteiger partial charge on any atom is -0.352 e. The Kier molecular flexibility index (Phi) is 11.4. The van der Waals surface area contributed by atoms with Crippen LogP contribution in [-0.4, -0.2) is 43.8 Å². The Bertz CT molecular complexity index is 1700. The van der Waals surface area contributed by atoms with Crippen LogP contribution >= 0.6 is 11.6 Å². The van der Waals surface area contributed by atoms with E-state index >= 15 is 0 Å². The molecule has 0 aliphatic heterocycles. The molecule has 0 heterocycles. The fourth-order valence-corrected chi connectivity index (χ4v) is 6.47. The van der Waals surface area contributed by atoms with Crippen molar-refractivity contribution in [3.05, 3.63) is 130 Å². The second kappa shape index (κ2) is 15.2. The number of aryl methyl sites for hydroxylation is 2. The van der Waals surface area contributed by atoms with Crippen molar-refractivity contribution in [2.45, 2.75) is 64.1 Å². The molecule has 0 bridgehead atoms. The maximum atomic E-state index is 14.5. The zero-order valence-electron chi connectivity index (χ0n) is 26.1. The average molecular weight is 646 g/mol. The number of nitrogens with one attached hydrogen (secondary N) is 1. The second-order valence-electron chi connectivity index (χ2n) is 11.3. The zero-order valence-corrected chi connectivity index (χ0v) is 27.7. The highest BCUT2D eigenvalue weighted by Crippen LogP contribution is 2.29. The summed E-state index contributed by atoms with van der Waals surface area (Å²) in [5, 5.41) is 3.43. The summed E-state index contributed by atoms with van der Waals surface area (Å²) < 4.78 is 29.3. The van der Waals surface area contributed by atoms with E-state index in [2.05, 4.69) is 5.32 Å². The van der Waals surface area contributed by atoms with Crippen LogP contribution in [0.25, 0.3) is 0 Å². The fraction of sp³-hybridized carbons (Fsp3) is 0.278. The van der Waals surface area contributed by atoms with Crippen LogP contribution < -0.4 is 9.62 Å². The van der Waals surface area contributed by atoms with Crippen molar-refractivity contribution >= 4 is 39.1 Å². The molecular formula is C36H40ClN3O4S. The van der Waals surface area contributed by atoms with Gasteiger partial charge in [-0.1, -0.05) is 103 Å². The number of benzene rings is 4. The first-order valence-electron chi connectivity index (χ1n) is 15.0. The van der Waals surface area contributed by atoms with E-state index in [1.165, 1.54) is 17.0 Å².